The molecule has 0 atom stereocenters. The van der Waals surface area contributed by atoms with Gasteiger partial charge in [0.2, 0.25) is 0 Å². The van der Waals surface area contributed by atoms with E-state index in [0.29, 0.717) is 6.54 Å². The molecular formula is C26H31FN2. The van der Waals surface area contributed by atoms with Gasteiger partial charge in [0.1, 0.15) is 5.82 Å². The van der Waals surface area contributed by atoms with Crippen LogP contribution in [-0.4, -0.2) is 4.90 Å². The third kappa shape index (κ3) is 6.25. The minimum atomic E-state index is -0.199. The van der Waals surface area contributed by atoms with Gasteiger partial charge >= 0.3 is 0 Å². The highest BCUT2D eigenvalue weighted by Crippen LogP contribution is 2.23. The van der Waals surface area contributed by atoms with Crippen LogP contribution in [0.15, 0.2) is 72.8 Å². The highest BCUT2D eigenvalue weighted by atomic mass is 19.1. The molecule has 0 fully saturated rings. The molecule has 3 rings (SSSR count). The monoisotopic (exact) mass is 390 g/mol. The van der Waals surface area contributed by atoms with Crippen molar-refractivity contribution in [3.05, 3.63) is 106 Å². The summed E-state index contributed by atoms with van der Waals surface area (Å²) < 4.78 is 13.3. The van der Waals surface area contributed by atoms with E-state index in [0.717, 1.165) is 30.8 Å². The normalized spacial score (nSPS) is 11.8. The van der Waals surface area contributed by atoms with E-state index in [2.05, 4.69) is 74.2 Å². The fourth-order valence-electron chi connectivity index (χ4n) is 3.42. The Morgan fingerprint density at radius 3 is 1.45 bits per heavy atom. The minimum absolute atomic E-state index is 0.150. The third-order valence-corrected chi connectivity index (χ3v) is 5.21. The van der Waals surface area contributed by atoms with Gasteiger partial charge in [-0.2, -0.15) is 0 Å². The van der Waals surface area contributed by atoms with Crippen LogP contribution in [0.25, 0.3) is 0 Å². The van der Waals surface area contributed by atoms with Crippen molar-refractivity contribution in [3.8, 4) is 0 Å². The van der Waals surface area contributed by atoms with E-state index in [9.17, 15) is 4.39 Å². The zero-order valence-electron chi connectivity index (χ0n) is 17.7. The summed E-state index contributed by atoms with van der Waals surface area (Å²) in [4.78, 5) is 2.39. The van der Waals surface area contributed by atoms with Crippen molar-refractivity contribution in [2.45, 2.75) is 52.4 Å². The molecule has 0 aliphatic rings. The lowest BCUT2D eigenvalue weighted by atomic mass is 9.87. The van der Waals surface area contributed by atoms with E-state index < -0.39 is 0 Å². The maximum atomic E-state index is 13.3. The SMILES string of the molecule is CC(C)(C)c1ccc(CN(Cc2ccc(F)cc2)Cc2ccc(CN)cc2)cc1. The fraction of sp³-hybridized carbons (Fsp3) is 0.308. The average molecular weight is 391 g/mol. The van der Waals surface area contributed by atoms with Crippen molar-refractivity contribution in [2.24, 2.45) is 5.73 Å². The fourth-order valence-corrected chi connectivity index (χ4v) is 3.42. The van der Waals surface area contributed by atoms with Crippen molar-refractivity contribution in [1.82, 2.24) is 4.90 Å². The Kier molecular flexibility index (Phi) is 6.83. The molecule has 0 bridgehead atoms. The van der Waals surface area contributed by atoms with Gasteiger partial charge in [-0.25, -0.2) is 4.39 Å². The Bertz CT molecular complexity index is 891. The van der Waals surface area contributed by atoms with Crippen LogP contribution in [-0.2, 0) is 31.6 Å². The van der Waals surface area contributed by atoms with Gasteiger partial charge in [-0.15, -0.1) is 0 Å². The minimum Gasteiger partial charge on any atom is -0.326 e. The molecule has 0 aromatic heterocycles. The van der Waals surface area contributed by atoms with Crippen LogP contribution in [0.3, 0.4) is 0 Å². The van der Waals surface area contributed by atoms with Gasteiger partial charge in [-0.1, -0.05) is 81.4 Å². The Labute approximate surface area is 174 Å². The van der Waals surface area contributed by atoms with E-state index in [1.807, 2.05) is 12.1 Å². The Balaban J connectivity index is 1.78. The van der Waals surface area contributed by atoms with Crippen LogP contribution in [0.2, 0.25) is 0 Å². The molecule has 0 aliphatic heterocycles. The Morgan fingerprint density at radius 1 is 0.655 bits per heavy atom. The second kappa shape index (κ2) is 9.34. The number of benzene rings is 3. The van der Waals surface area contributed by atoms with E-state index in [4.69, 9.17) is 5.73 Å². The van der Waals surface area contributed by atoms with Crippen LogP contribution in [0.5, 0.6) is 0 Å². The van der Waals surface area contributed by atoms with Gasteiger partial charge in [0.05, 0.1) is 0 Å². The maximum absolute atomic E-state index is 13.3. The third-order valence-electron chi connectivity index (χ3n) is 5.21. The molecule has 0 spiro atoms. The molecule has 29 heavy (non-hydrogen) atoms. The number of hydrogen-bond acceptors (Lipinski definition) is 2. The van der Waals surface area contributed by atoms with Crippen LogP contribution in [0.4, 0.5) is 4.39 Å². The molecule has 0 heterocycles. The molecule has 3 aromatic carbocycles. The first-order chi connectivity index (χ1) is 13.8. The number of hydrogen-bond donors (Lipinski definition) is 1. The standard InChI is InChI=1S/C26H31FN2/c1-26(2,3)24-12-8-22(9-13-24)18-29(19-23-10-14-25(27)15-11-23)17-21-6-4-20(16-28)5-7-21/h4-15H,16-19,28H2,1-3H3. The summed E-state index contributed by atoms with van der Waals surface area (Å²) in [5, 5.41) is 0. The molecule has 3 heteroatoms. The molecule has 0 radical (unpaired) electrons. The van der Waals surface area contributed by atoms with E-state index in [-0.39, 0.29) is 11.2 Å². The van der Waals surface area contributed by atoms with Gasteiger partial charge in [-0.3, -0.25) is 4.90 Å². The number of nitrogens with zero attached hydrogens (tertiary/aromatic N) is 1. The highest BCUT2D eigenvalue weighted by molar-refractivity contribution is 5.28. The average Bonchev–Trinajstić information content (AvgIpc) is 2.70. The molecule has 0 unspecified atom stereocenters. The summed E-state index contributed by atoms with van der Waals surface area (Å²) >= 11 is 0. The van der Waals surface area contributed by atoms with Gasteiger partial charge in [0.25, 0.3) is 0 Å². The van der Waals surface area contributed by atoms with Crippen molar-refractivity contribution < 1.29 is 4.39 Å². The lowest BCUT2D eigenvalue weighted by Crippen LogP contribution is -2.22. The first-order valence-electron chi connectivity index (χ1n) is 10.2. The summed E-state index contributed by atoms with van der Waals surface area (Å²) in [5.41, 5.74) is 12.0. The van der Waals surface area contributed by atoms with E-state index in [1.165, 1.54) is 28.8 Å². The topological polar surface area (TPSA) is 29.3 Å². The summed E-state index contributed by atoms with van der Waals surface area (Å²) in [5.74, 6) is -0.199. The quantitative estimate of drug-likeness (QED) is 0.554. The molecule has 2 nitrogen and oxygen atoms in total. The zero-order valence-corrected chi connectivity index (χ0v) is 17.7. The molecule has 0 saturated carbocycles. The van der Waals surface area contributed by atoms with E-state index >= 15 is 0 Å². The van der Waals surface area contributed by atoms with Gasteiger partial charge < -0.3 is 5.73 Å². The number of nitrogens with two attached hydrogens (primary N) is 1. The number of halogens is 1. The Morgan fingerprint density at radius 2 is 1.03 bits per heavy atom. The van der Waals surface area contributed by atoms with Crippen molar-refractivity contribution >= 4 is 0 Å². The molecule has 2 N–H and O–H groups in total. The van der Waals surface area contributed by atoms with Crippen molar-refractivity contribution in [3.63, 3.8) is 0 Å². The van der Waals surface area contributed by atoms with Crippen molar-refractivity contribution in [2.75, 3.05) is 0 Å². The zero-order chi connectivity index (χ0) is 20.9. The molecule has 0 saturated heterocycles. The van der Waals surface area contributed by atoms with Crippen LogP contribution >= 0.6 is 0 Å². The summed E-state index contributed by atoms with van der Waals surface area (Å²) in [6, 6.07) is 24.1. The predicted molar refractivity (Wildman–Crippen MR) is 119 cm³/mol. The highest BCUT2D eigenvalue weighted by Gasteiger charge is 2.14. The molecular weight excluding hydrogens is 359 g/mol. The molecule has 152 valence electrons. The second-order valence-corrected chi connectivity index (χ2v) is 8.74. The second-order valence-electron chi connectivity index (χ2n) is 8.74. The first kappa shape index (κ1) is 21.2. The largest absolute Gasteiger partial charge is 0.326 e. The first-order valence-corrected chi connectivity index (χ1v) is 10.2. The van der Waals surface area contributed by atoms with Crippen LogP contribution < -0.4 is 5.73 Å². The van der Waals surface area contributed by atoms with E-state index in [1.54, 1.807) is 0 Å². The lowest BCUT2D eigenvalue weighted by molar-refractivity contribution is 0.247. The molecule has 0 aliphatic carbocycles. The van der Waals surface area contributed by atoms with Crippen LogP contribution in [0.1, 0.15) is 48.6 Å². The van der Waals surface area contributed by atoms with Crippen molar-refractivity contribution in [1.29, 1.82) is 0 Å². The summed E-state index contributed by atoms with van der Waals surface area (Å²) in [6.45, 7) is 9.67. The van der Waals surface area contributed by atoms with Crippen LogP contribution in [0, 0.1) is 5.82 Å². The predicted octanol–water partition coefficient (Wildman–Crippen LogP) is 5.78. The lowest BCUT2D eigenvalue weighted by Gasteiger charge is -2.24. The summed E-state index contributed by atoms with van der Waals surface area (Å²) in [6.07, 6.45) is 0. The maximum Gasteiger partial charge on any atom is 0.123 e. The molecule has 3 aromatic rings. The number of rotatable bonds is 7. The van der Waals surface area contributed by atoms with Gasteiger partial charge in [0.15, 0.2) is 0 Å². The Hall–Kier alpha value is -2.49. The summed E-state index contributed by atoms with van der Waals surface area (Å²) in [7, 11) is 0. The smallest absolute Gasteiger partial charge is 0.123 e. The molecule has 0 amide bonds. The van der Waals surface area contributed by atoms with Gasteiger partial charge in [0, 0.05) is 26.2 Å². The van der Waals surface area contributed by atoms with Gasteiger partial charge in [-0.05, 0) is 45.4 Å².